The topological polar surface area (TPSA) is 79.2 Å². The molecule has 2 N–H and O–H groups in total. The van der Waals surface area contributed by atoms with Crippen LogP contribution in [0.4, 0.5) is 5.69 Å². The molecule has 146 valence electrons. The second-order valence-electron chi connectivity index (χ2n) is 6.53. The average Bonchev–Trinajstić information content (AvgIpc) is 3.38. The molecular formula is C20H25NO5S. The van der Waals surface area contributed by atoms with Crippen LogP contribution in [0.15, 0.2) is 47.3 Å². The van der Waals surface area contributed by atoms with Crippen molar-refractivity contribution in [2.24, 2.45) is 0 Å². The van der Waals surface area contributed by atoms with Gasteiger partial charge in [-0.15, -0.1) is 11.3 Å². The number of fused-ring (bicyclic) bond motifs is 1. The zero-order chi connectivity index (χ0) is 19.4. The standard InChI is InChI=1S/C20H25NO5S/c1-3-5-6-8-21-15-7-9-27-18(15)20(12-23,19(21)24)14(11-22)10-17-16(4-2)25-13-26-17/h4,7,9-10,22-23H,2-3,5-6,8,11-13H2,1H3/b14-10+. The molecule has 0 radical (unpaired) electrons. The molecular weight excluding hydrogens is 366 g/mol. The molecule has 1 amide bonds. The van der Waals surface area contributed by atoms with Crippen molar-refractivity contribution >= 4 is 22.9 Å². The number of carbonyl (C=O) groups is 1. The third kappa shape index (κ3) is 3.20. The van der Waals surface area contributed by atoms with Crippen LogP contribution in [0.1, 0.15) is 31.1 Å². The minimum Gasteiger partial charge on any atom is -0.454 e. The van der Waals surface area contributed by atoms with E-state index in [1.807, 2.05) is 11.4 Å². The Balaban J connectivity index is 2.05. The molecule has 0 saturated carbocycles. The number of amides is 1. The molecule has 0 aliphatic carbocycles. The maximum atomic E-state index is 13.4. The molecule has 6 nitrogen and oxygen atoms in total. The van der Waals surface area contributed by atoms with E-state index >= 15 is 0 Å². The number of ether oxygens (including phenoxy) is 2. The van der Waals surface area contributed by atoms with E-state index in [0.717, 1.165) is 29.8 Å². The van der Waals surface area contributed by atoms with Gasteiger partial charge in [0, 0.05) is 6.54 Å². The van der Waals surface area contributed by atoms with Crippen molar-refractivity contribution in [3.63, 3.8) is 0 Å². The molecule has 1 aromatic heterocycles. The van der Waals surface area contributed by atoms with Crippen LogP contribution in [0.25, 0.3) is 0 Å². The van der Waals surface area contributed by atoms with Gasteiger partial charge in [0.05, 0.1) is 23.8 Å². The Bertz CT molecular complexity index is 781. The summed E-state index contributed by atoms with van der Waals surface area (Å²) in [5.41, 5.74) is -0.0945. The van der Waals surface area contributed by atoms with E-state index in [1.54, 1.807) is 11.0 Å². The van der Waals surface area contributed by atoms with Crippen molar-refractivity contribution in [3.8, 4) is 0 Å². The van der Waals surface area contributed by atoms with Gasteiger partial charge in [0.2, 0.25) is 12.7 Å². The highest BCUT2D eigenvalue weighted by Gasteiger charge is 2.54. The maximum Gasteiger partial charge on any atom is 0.245 e. The number of unbranched alkanes of at least 4 members (excludes halogenated alkanes) is 2. The number of nitrogens with zero attached hydrogens (tertiary/aromatic N) is 1. The maximum absolute atomic E-state index is 13.4. The molecule has 2 aliphatic heterocycles. The lowest BCUT2D eigenvalue weighted by Crippen LogP contribution is -2.45. The fraction of sp³-hybridized carbons (Fsp3) is 0.450. The van der Waals surface area contributed by atoms with Crippen molar-refractivity contribution in [1.29, 1.82) is 0 Å². The largest absolute Gasteiger partial charge is 0.454 e. The number of aliphatic hydroxyl groups is 2. The molecule has 3 rings (SSSR count). The molecule has 3 heterocycles. The van der Waals surface area contributed by atoms with Crippen LogP contribution in [-0.2, 0) is 19.7 Å². The highest BCUT2D eigenvalue weighted by molar-refractivity contribution is 7.11. The van der Waals surface area contributed by atoms with Gasteiger partial charge in [-0.3, -0.25) is 4.79 Å². The number of carbonyl (C=O) groups excluding carboxylic acids is 1. The van der Waals surface area contributed by atoms with Gasteiger partial charge < -0.3 is 24.6 Å². The lowest BCUT2D eigenvalue weighted by atomic mass is 9.79. The SMILES string of the molecule is C=CC1=C(/C=C(\CO)C2(CO)C(=O)N(CCCCC)c3ccsc32)OCO1. The normalized spacial score (nSPS) is 22.1. The van der Waals surface area contributed by atoms with E-state index < -0.39 is 12.0 Å². The van der Waals surface area contributed by atoms with Gasteiger partial charge >= 0.3 is 0 Å². The third-order valence-corrected chi connectivity index (χ3v) is 6.10. The summed E-state index contributed by atoms with van der Waals surface area (Å²) in [4.78, 5) is 15.9. The highest BCUT2D eigenvalue weighted by atomic mass is 32.1. The Kier molecular flexibility index (Phi) is 6.04. The molecule has 0 saturated heterocycles. The molecule has 7 heteroatoms. The summed E-state index contributed by atoms with van der Waals surface area (Å²) in [5.74, 6) is 0.644. The first-order chi connectivity index (χ1) is 13.1. The highest BCUT2D eigenvalue weighted by Crippen LogP contribution is 2.49. The van der Waals surface area contributed by atoms with E-state index in [9.17, 15) is 15.0 Å². The minimum absolute atomic E-state index is 0.0549. The van der Waals surface area contributed by atoms with Gasteiger partial charge in [-0.1, -0.05) is 26.3 Å². The van der Waals surface area contributed by atoms with Gasteiger partial charge in [0.1, 0.15) is 5.41 Å². The smallest absolute Gasteiger partial charge is 0.245 e. The monoisotopic (exact) mass is 391 g/mol. The number of anilines is 1. The first-order valence-corrected chi connectivity index (χ1v) is 9.97. The molecule has 27 heavy (non-hydrogen) atoms. The van der Waals surface area contributed by atoms with Crippen molar-refractivity contribution in [2.45, 2.75) is 31.6 Å². The predicted octanol–water partition coefficient (Wildman–Crippen LogP) is 2.84. The lowest BCUT2D eigenvalue weighted by Gasteiger charge is -2.28. The quantitative estimate of drug-likeness (QED) is 0.633. The molecule has 1 aromatic rings. The summed E-state index contributed by atoms with van der Waals surface area (Å²) in [6.07, 6.45) is 6.08. The molecule has 0 spiro atoms. The van der Waals surface area contributed by atoms with Gasteiger partial charge in [-0.05, 0) is 35.6 Å². The summed E-state index contributed by atoms with van der Waals surface area (Å²) in [5, 5.41) is 22.3. The number of aliphatic hydroxyl groups excluding tert-OH is 2. The average molecular weight is 391 g/mol. The second kappa shape index (κ2) is 8.29. The molecule has 0 fully saturated rings. The molecule has 2 aliphatic rings. The van der Waals surface area contributed by atoms with Crippen LogP contribution in [-0.4, -0.2) is 42.7 Å². The van der Waals surface area contributed by atoms with Crippen molar-refractivity contribution < 1.29 is 24.5 Å². The van der Waals surface area contributed by atoms with Gasteiger partial charge in [0.25, 0.3) is 0 Å². The zero-order valence-corrected chi connectivity index (χ0v) is 16.3. The van der Waals surface area contributed by atoms with E-state index in [0.29, 0.717) is 23.6 Å². The van der Waals surface area contributed by atoms with E-state index in [1.165, 1.54) is 17.4 Å². The predicted molar refractivity (Wildman–Crippen MR) is 104 cm³/mol. The third-order valence-electron chi connectivity index (χ3n) is 5.04. The van der Waals surface area contributed by atoms with Gasteiger partial charge in [-0.25, -0.2) is 0 Å². The summed E-state index contributed by atoms with van der Waals surface area (Å²) in [6, 6.07) is 1.90. The number of hydrogen-bond acceptors (Lipinski definition) is 6. The zero-order valence-electron chi connectivity index (χ0n) is 15.4. The number of thiophene rings is 1. The van der Waals surface area contributed by atoms with Crippen LogP contribution in [0.3, 0.4) is 0 Å². The van der Waals surface area contributed by atoms with Crippen molar-refractivity contribution in [2.75, 3.05) is 31.5 Å². The molecule has 1 atom stereocenters. The first kappa shape index (κ1) is 19.7. The van der Waals surface area contributed by atoms with Crippen molar-refractivity contribution in [1.82, 2.24) is 0 Å². The Morgan fingerprint density at radius 2 is 2.15 bits per heavy atom. The fourth-order valence-electron chi connectivity index (χ4n) is 3.57. The fourth-order valence-corrected chi connectivity index (χ4v) is 4.69. The second-order valence-corrected chi connectivity index (χ2v) is 7.45. The van der Waals surface area contributed by atoms with Crippen LogP contribution in [0.5, 0.6) is 0 Å². The molecule has 1 unspecified atom stereocenters. The number of allylic oxidation sites excluding steroid dienone is 2. The van der Waals surface area contributed by atoms with Crippen LogP contribution in [0.2, 0.25) is 0 Å². The molecule has 0 aromatic carbocycles. The number of hydrogen-bond donors (Lipinski definition) is 2. The number of rotatable bonds is 9. The van der Waals surface area contributed by atoms with E-state index in [-0.39, 0.29) is 19.3 Å². The Morgan fingerprint density at radius 1 is 1.37 bits per heavy atom. The van der Waals surface area contributed by atoms with Gasteiger partial charge in [-0.2, -0.15) is 0 Å². The summed E-state index contributed by atoms with van der Waals surface area (Å²) in [6.45, 7) is 5.63. The lowest BCUT2D eigenvalue weighted by molar-refractivity contribution is -0.123. The van der Waals surface area contributed by atoms with Crippen LogP contribution < -0.4 is 4.90 Å². The minimum atomic E-state index is -1.30. The Morgan fingerprint density at radius 3 is 2.81 bits per heavy atom. The summed E-state index contributed by atoms with van der Waals surface area (Å²) in [7, 11) is 0. The Hall–Kier alpha value is -2.09. The summed E-state index contributed by atoms with van der Waals surface area (Å²) < 4.78 is 10.8. The first-order valence-electron chi connectivity index (χ1n) is 9.09. The Labute approximate surface area is 163 Å². The van der Waals surface area contributed by atoms with E-state index in [4.69, 9.17) is 9.47 Å². The van der Waals surface area contributed by atoms with Gasteiger partial charge in [0.15, 0.2) is 11.5 Å². The van der Waals surface area contributed by atoms with E-state index in [2.05, 4.69) is 13.5 Å². The van der Waals surface area contributed by atoms with Crippen LogP contribution >= 0.6 is 11.3 Å². The van der Waals surface area contributed by atoms with Crippen molar-refractivity contribution in [3.05, 3.63) is 52.1 Å². The summed E-state index contributed by atoms with van der Waals surface area (Å²) >= 11 is 1.42. The molecule has 0 bridgehead atoms. The van der Waals surface area contributed by atoms with Crippen LogP contribution in [0, 0.1) is 0 Å².